The van der Waals surface area contributed by atoms with Crippen LogP contribution in [0.25, 0.3) is 0 Å². The molecule has 0 spiro atoms. The first-order chi connectivity index (χ1) is 17.2. The van der Waals surface area contributed by atoms with Gasteiger partial charge in [0.1, 0.15) is 5.75 Å². The summed E-state index contributed by atoms with van der Waals surface area (Å²) in [5.74, 6) is 1.27. The molecule has 2 fully saturated rings. The van der Waals surface area contributed by atoms with Crippen LogP contribution in [-0.4, -0.2) is 76.9 Å². The zero-order chi connectivity index (χ0) is 25.8. The van der Waals surface area contributed by atoms with Gasteiger partial charge in [-0.2, -0.15) is 4.31 Å². The van der Waals surface area contributed by atoms with E-state index >= 15 is 0 Å². The molecular weight excluding hydrogens is 498 g/mol. The predicted molar refractivity (Wildman–Crippen MR) is 143 cm³/mol. The van der Waals surface area contributed by atoms with Crippen molar-refractivity contribution in [1.29, 1.82) is 0 Å². The maximum Gasteiger partial charge on any atom is 0.214 e. The van der Waals surface area contributed by atoms with Gasteiger partial charge in [0.15, 0.2) is 0 Å². The second-order valence-corrected chi connectivity index (χ2v) is 14.6. The quantitative estimate of drug-likeness (QED) is 0.408. The molecule has 0 amide bonds. The van der Waals surface area contributed by atoms with E-state index in [1.54, 1.807) is 4.31 Å². The Balaban J connectivity index is 1.42. The van der Waals surface area contributed by atoms with Gasteiger partial charge in [0.05, 0.1) is 18.6 Å². The Morgan fingerprint density at radius 3 is 2.69 bits per heavy atom. The van der Waals surface area contributed by atoms with Crippen LogP contribution >= 0.6 is 0 Å². The molecule has 0 bridgehead atoms. The largest absolute Gasteiger partial charge is 0.494 e. The smallest absolute Gasteiger partial charge is 0.214 e. The lowest BCUT2D eigenvalue weighted by molar-refractivity contribution is 0.0219. The predicted octanol–water partition coefficient (Wildman–Crippen LogP) is 3.30. The lowest BCUT2D eigenvalue weighted by Crippen LogP contribution is -2.57. The van der Waals surface area contributed by atoms with Gasteiger partial charge < -0.3 is 4.74 Å². The Hall–Kier alpha value is -1.20. The molecule has 0 radical (unpaired) electrons. The third kappa shape index (κ3) is 7.01. The van der Waals surface area contributed by atoms with Crippen molar-refractivity contribution >= 4 is 20.0 Å². The van der Waals surface area contributed by atoms with E-state index in [2.05, 4.69) is 34.7 Å². The Morgan fingerprint density at radius 1 is 1.08 bits per heavy atom. The summed E-state index contributed by atoms with van der Waals surface area (Å²) in [5.41, 5.74) is 2.65. The molecule has 3 heterocycles. The molecule has 36 heavy (non-hydrogen) atoms. The number of hydrogen-bond donors (Lipinski definition) is 1. The first-order valence-corrected chi connectivity index (χ1v) is 17.1. The molecule has 1 aromatic rings. The van der Waals surface area contributed by atoms with Crippen LogP contribution in [0.4, 0.5) is 0 Å². The third-order valence-electron chi connectivity index (χ3n) is 7.95. The molecule has 0 aliphatic carbocycles. The normalized spacial score (nSPS) is 25.1. The molecule has 204 valence electrons. The summed E-state index contributed by atoms with van der Waals surface area (Å²) >= 11 is 0. The first kappa shape index (κ1) is 27.8. The molecule has 2 saturated heterocycles. The van der Waals surface area contributed by atoms with Crippen LogP contribution in [0.1, 0.15) is 75.5 Å². The number of sulfonamides is 2. The van der Waals surface area contributed by atoms with Crippen molar-refractivity contribution in [3.63, 3.8) is 0 Å². The van der Waals surface area contributed by atoms with Crippen molar-refractivity contribution in [1.82, 2.24) is 13.9 Å². The fourth-order valence-electron chi connectivity index (χ4n) is 6.17. The summed E-state index contributed by atoms with van der Waals surface area (Å²) in [4.78, 5) is 2.56. The minimum atomic E-state index is -3.45. The van der Waals surface area contributed by atoms with E-state index in [9.17, 15) is 16.8 Å². The van der Waals surface area contributed by atoms with Crippen LogP contribution in [0, 0.1) is 5.92 Å². The van der Waals surface area contributed by atoms with Gasteiger partial charge in [-0.3, -0.25) is 4.90 Å². The van der Waals surface area contributed by atoms with E-state index in [0.29, 0.717) is 12.5 Å². The van der Waals surface area contributed by atoms with Crippen molar-refractivity contribution in [2.75, 3.05) is 44.8 Å². The Morgan fingerprint density at radius 2 is 1.92 bits per heavy atom. The van der Waals surface area contributed by atoms with E-state index < -0.39 is 20.0 Å². The maximum atomic E-state index is 13.3. The Labute approximate surface area is 217 Å². The summed E-state index contributed by atoms with van der Waals surface area (Å²) in [6.45, 7) is 5.62. The molecule has 4 rings (SSSR count). The topological polar surface area (TPSA) is 96.0 Å². The SMILES string of the molecule is CCCCCCOc1ccc2c(c1)CCN1C[C@@H]3CCCN(S(=O)(=O)CCCNS(C)(=O)=O)[C@@H]3C[C@@H]21. The van der Waals surface area contributed by atoms with Crippen LogP contribution in [0.3, 0.4) is 0 Å². The second kappa shape index (κ2) is 12.1. The lowest BCUT2D eigenvalue weighted by atomic mass is 9.77. The maximum absolute atomic E-state index is 13.3. The number of fused-ring (bicyclic) bond motifs is 4. The minimum Gasteiger partial charge on any atom is -0.494 e. The summed E-state index contributed by atoms with van der Waals surface area (Å²) in [7, 11) is -6.76. The number of benzene rings is 1. The Kier molecular flexibility index (Phi) is 9.36. The fraction of sp³-hybridized carbons (Fsp3) is 0.769. The number of rotatable bonds is 12. The number of nitrogens with zero attached hydrogens (tertiary/aromatic N) is 2. The number of hydrogen-bond acceptors (Lipinski definition) is 6. The molecule has 1 aromatic carbocycles. The van der Waals surface area contributed by atoms with Gasteiger partial charge in [-0.15, -0.1) is 0 Å². The monoisotopic (exact) mass is 541 g/mol. The fourth-order valence-corrected chi connectivity index (χ4v) is 8.51. The highest BCUT2D eigenvalue weighted by molar-refractivity contribution is 7.89. The van der Waals surface area contributed by atoms with Crippen molar-refractivity contribution in [2.24, 2.45) is 5.92 Å². The molecule has 0 saturated carbocycles. The number of piperidine rings is 2. The van der Waals surface area contributed by atoms with Crippen LogP contribution < -0.4 is 9.46 Å². The van der Waals surface area contributed by atoms with Crippen LogP contribution in [0.2, 0.25) is 0 Å². The summed E-state index contributed by atoms with van der Waals surface area (Å²) < 4.78 is 59.4. The minimum absolute atomic E-state index is 0.00769. The number of nitrogens with one attached hydrogen (secondary N) is 1. The van der Waals surface area contributed by atoms with Crippen molar-refractivity contribution < 1.29 is 21.6 Å². The molecule has 3 aliphatic heterocycles. The van der Waals surface area contributed by atoms with Crippen molar-refractivity contribution in [2.45, 2.75) is 76.8 Å². The van der Waals surface area contributed by atoms with Crippen LogP contribution in [0.5, 0.6) is 5.75 Å². The first-order valence-electron chi connectivity index (χ1n) is 13.6. The van der Waals surface area contributed by atoms with Crippen molar-refractivity contribution in [3.05, 3.63) is 29.3 Å². The molecular formula is C26H43N3O5S2. The van der Waals surface area contributed by atoms with Crippen LogP contribution in [0.15, 0.2) is 18.2 Å². The van der Waals surface area contributed by atoms with E-state index in [4.69, 9.17) is 4.74 Å². The highest BCUT2D eigenvalue weighted by atomic mass is 32.2. The van der Waals surface area contributed by atoms with Gasteiger partial charge in [-0.1, -0.05) is 32.3 Å². The molecule has 10 heteroatoms. The van der Waals surface area contributed by atoms with Gasteiger partial charge in [0.25, 0.3) is 0 Å². The van der Waals surface area contributed by atoms with Gasteiger partial charge >= 0.3 is 0 Å². The number of unbranched alkanes of at least 4 members (excludes halogenated alkanes) is 3. The second-order valence-electron chi connectivity index (χ2n) is 10.7. The average Bonchev–Trinajstić information content (AvgIpc) is 2.84. The van der Waals surface area contributed by atoms with Gasteiger partial charge in [-0.25, -0.2) is 21.6 Å². The summed E-state index contributed by atoms with van der Waals surface area (Å²) in [5, 5.41) is 0. The van der Waals surface area contributed by atoms with Crippen LogP contribution in [-0.2, 0) is 26.5 Å². The molecule has 3 atom stereocenters. The lowest BCUT2D eigenvalue weighted by Gasteiger charge is -2.51. The van der Waals surface area contributed by atoms with E-state index in [-0.39, 0.29) is 30.8 Å². The number of ether oxygens (including phenoxy) is 1. The average molecular weight is 542 g/mol. The molecule has 0 aromatic heterocycles. The van der Waals surface area contributed by atoms with E-state index in [0.717, 1.165) is 63.8 Å². The summed E-state index contributed by atoms with van der Waals surface area (Å²) in [6, 6.07) is 6.72. The van der Waals surface area contributed by atoms with E-state index in [1.165, 1.54) is 30.4 Å². The highest BCUT2D eigenvalue weighted by Crippen LogP contribution is 2.44. The standard InChI is InChI=1S/C26H43N3O5S2/c1-3-4-5-6-16-34-23-10-11-24-21(18-23)12-15-28-20-22-9-7-14-29(25(22)19-26(24)28)36(32,33)17-8-13-27-35(2,30)31/h10-11,18,22,25-27H,3-9,12-17,19-20H2,1-2H3/t22-,25+,26-/m0/s1. The molecule has 1 N–H and O–H groups in total. The molecule has 3 aliphatic rings. The van der Waals surface area contributed by atoms with Gasteiger partial charge in [-0.05, 0) is 67.7 Å². The zero-order valence-corrected chi connectivity index (χ0v) is 23.5. The third-order valence-corrected chi connectivity index (χ3v) is 10.7. The zero-order valence-electron chi connectivity index (χ0n) is 21.8. The molecule has 0 unspecified atom stereocenters. The van der Waals surface area contributed by atoms with E-state index in [1.807, 2.05) is 0 Å². The van der Waals surface area contributed by atoms with Crippen molar-refractivity contribution in [3.8, 4) is 5.75 Å². The molecule has 8 nitrogen and oxygen atoms in total. The highest BCUT2D eigenvalue weighted by Gasteiger charge is 2.45. The van der Waals surface area contributed by atoms with Gasteiger partial charge in [0.2, 0.25) is 20.0 Å². The summed E-state index contributed by atoms with van der Waals surface area (Å²) in [6.07, 6.45) is 9.89. The van der Waals surface area contributed by atoms with Gasteiger partial charge in [0, 0.05) is 38.3 Å². The Bertz CT molecular complexity index is 1090.